The van der Waals surface area contributed by atoms with Crippen molar-refractivity contribution < 1.29 is 23.7 Å². The van der Waals surface area contributed by atoms with Crippen molar-refractivity contribution in [3.05, 3.63) is 48.0 Å². The van der Waals surface area contributed by atoms with Gasteiger partial charge in [0.15, 0.2) is 11.6 Å². The minimum absolute atomic E-state index is 0.000677. The third-order valence-corrected chi connectivity index (χ3v) is 9.45. The van der Waals surface area contributed by atoms with E-state index >= 15 is 0 Å². The molecule has 1 unspecified atom stereocenters. The van der Waals surface area contributed by atoms with E-state index in [0.717, 1.165) is 19.4 Å². The van der Waals surface area contributed by atoms with E-state index in [2.05, 4.69) is 61.6 Å². The first kappa shape index (κ1) is 35.6. The number of hydrogen-bond donors (Lipinski definition) is 1. The number of fused-ring (bicyclic) bond motifs is 1. The van der Waals surface area contributed by atoms with Crippen LogP contribution in [-0.4, -0.2) is 54.7 Å². The number of hydrogen-bond acceptors (Lipinski definition) is 6. The van der Waals surface area contributed by atoms with Crippen molar-refractivity contribution in [2.24, 2.45) is 5.92 Å². The summed E-state index contributed by atoms with van der Waals surface area (Å²) in [5.74, 6) is -0.925. The molecule has 2 heterocycles. The second-order valence-corrected chi connectivity index (χ2v) is 14.4. The van der Waals surface area contributed by atoms with E-state index in [-0.39, 0.29) is 36.6 Å². The molecule has 1 N–H and O–H groups in total. The van der Waals surface area contributed by atoms with Gasteiger partial charge in [-0.15, -0.1) is 0 Å². The average Bonchev–Trinajstić information content (AvgIpc) is 3.49. The van der Waals surface area contributed by atoms with Gasteiger partial charge in [0, 0.05) is 12.5 Å². The van der Waals surface area contributed by atoms with E-state index in [1.807, 2.05) is 27.7 Å². The summed E-state index contributed by atoms with van der Waals surface area (Å²) in [4.78, 5) is 0. The maximum Gasteiger partial charge on any atom is 0.163 e. The largest absolute Gasteiger partial charge is 0.370 e. The second kappa shape index (κ2) is 17.6. The SMILES string of the molecule is CCCCCCCCCCCCCC[C@@H]1OC(C)(C)O[C@@H]1[C@@H](COC1C=C[C@H](C)[C@@H]2OC(C)(C)O[C@@H]12)NCc1ccccc1. The fraction of sp³-hybridized carbons (Fsp3) is 0.789. The first-order valence-corrected chi connectivity index (χ1v) is 18.0. The van der Waals surface area contributed by atoms with Crippen LogP contribution in [0.2, 0.25) is 0 Å². The molecule has 4 rings (SSSR count). The fourth-order valence-corrected chi connectivity index (χ4v) is 7.08. The van der Waals surface area contributed by atoms with Crippen molar-refractivity contribution in [2.75, 3.05) is 6.61 Å². The summed E-state index contributed by atoms with van der Waals surface area (Å²) >= 11 is 0. The van der Waals surface area contributed by atoms with Gasteiger partial charge in [0.1, 0.15) is 18.3 Å². The third-order valence-electron chi connectivity index (χ3n) is 9.45. The molecule has 0 spiro atoms. The van der Waals surface area contributed by atoms with Gasteiger partial charge in [0.2, 0.25) is 0 Å². The lowest BCUT2D eigenvalue weighted by molar-refractivity contribution is -0.160. The number of benzene rings is 1. The Morgan fingerprint density at radius 3 is 1.98 bits per heavy atom. The van der Waals surface area contributed by atoms with E-state index in [9.17, 15) is 0 Å². The lowest BCUT2D eigenvalue weighted by Crippen LogP contribution is -2.50. The number of rotatable bonds is 20. The van der Waals surface area contributed by atoms with Crippen LogP contribution in [0.5, 0.6) is 0 Å². The van der Waals surface area contributed by atoms with Crippen LogP contribution in [0.15, 0.2) is 42.5 Å². The van der Waals surface area contributed by atoms with Gasteiger partial charge in [-0.1, -0.05) is 133 Å². The van der Waals surface area contributed by atoms with Crippen molar-refractivity contribution in [3.8, 4) is 0 Å². The first-order chi connectivity index (χ1) is 21.2. The van der Waals surface area contributed by atoms with Crippen LogP contribution in [0.4, 0.5) is 0 Å². The van der Waals surface area contributed by atoms with Gasteiger partial charge in [-0.05, 0) is 39.7 Å². The molecule has 0 saturated carbocycles. The molecule has 0 bridgehead atoms. The standard InChI is InChI=1S/C38H63NO5/c1-7-8-9-10-11-12-13-14-15-16-17-21-24-33-35(43-37(3,4)41-33)31(39-27-30-22-19-18-20-23-30)28-40-32-26-25-29(2)34-36(32)44-38(5,6)42-34/h18-20,22-23,25-26,29,31-36,39H,7-17,21,24,27-28H2,1-6H3/t29-,31+,32?,33-,34-,35+,36-/m0/s1. The molecule has 1 aromatic carbocycles. The predicted molar refractivity (Wildman–Crippen MR) is 178 cm³/mol. The topological polar surface area (TPSA) is 58.2 Å². The Morgan fingerprint density at radius 1 is 0.727 bits per heavy atom. The summed E-state index contributed by atoms with van der Waals surface area (Å²) in [6.07, 6.45) is 21.2. The van der Waals surface area contributed by atoms with Crippen LogP contribution < -0.4 is 5.32 Å². The highest BCUT2D eigenvalue weighted by Gasteiger charge is 2.49. The summed E-state index contributed by atoms with van der Waals surface area (Å²) in [7, 11) is 0. The zero-order valence-corrected chi connectivity index (χ0v) is 28.7. The molecule has 0 aromatic heterocycles. The van der Waals surface area contributed by atoms with Crippen LogP contribution in [0.1, 0.15) is 131 Å². The van der Waals surface area contributed by atoms with Crippen LogP contribution >= 0.6 is 0 Å². The Labute approximate surface area is 269 Å². The molecular weight excluding hydrogens is 550 g/mol. The van der Waals surface area contributed by atoms with Crippen LogP contribution in [0, 0.1) is 5.92 Å². The van der Waals surface area contributed by atoms with Crippen molar-refractivity contribution in [1.29, 1.82) is 0 Å². The van der Waals surface area contributed by atoms with Crippen molar-refractivity contribution in [2.45, 2.75) is 180 Å². The molecule has 6 heteroatoms. The monoisotopic (exact) mass is 613 g/mol. The second-order valence-electron chi connectivity index (χ2n) is 14.4. The quantitative estimate of drug-likeness (QED) is 0.117. The molecule has 1 aromatic rings. The minimum Gasteiger partial charge on any atom is -0.370 e. The minimum atomic E-state index is -0.614. The summed E-state index contributed by atoms with van der Waals surface area (Å²) in [5.41, 5.74) is 1.24. The lowest BCUT2D eigenvalue weighted by Gasteiger charge is -2.33. The molecule has 2 saturated heterocycles. The molecule has 250 valence electrons. The molecule has 2 aliphatic heterocycles. The van der Waals surface area contributed by atoms with Gasteiger partial charge in [-0.25, -0.2) is 0 Å². The van der Waals surface area contributed by atoms with Crippen LogP contribution in [-0.2, 0) is 30.2 Å². The van der Waals surface area contributed by atoms with Crippen LogP contribution in [0.25, 0.3) is 0 Å². The number of nitrogens with one attached hydrogen (secondary N) is 1. The van der Waals surface area contributed by atoms with Gasteiger partial charge in [0.25, 0.3) is 0 Å². The number of ether oxygens (including phenoxy) is 5. The summed E-state index contributed by atoms with van der Waals surface area (Å²) in [6.45, 7) is 13.8. The predicted octanol–water partition coefficient (Wildman–Crippen LogP) is 8.87. The highest BCUT2D eigenvalue weighted by molar-refractivity contribution is 5.15. The van der Waals surface area contributed by atoms with E-state index < -0.39 is 11.6 Å². The molecule has 2 fully saturated rings. The Hall–Kier alpha value is -1.28. The molecule has 44 heavy (non-hydrogen) atoms. The highest BCUT2D eigenvalue weighted by atomic mass is 16.8. The maximum absolute atomic E-state index is 6.65. The molecular formula is C38H63NO5. The Kier molecular flexibility index (Phi) is 14.2. The average molecular weight is 614 g/mol. The Bertz CT molecular complexity index is 965. The fourth-order valence-electron chi connectivity index (χ4n) is 7.08. The Morgan fingerprint density at radius 2 is 1.32 bits per heavy atom. The number of unbranched alkanes of at least 4 members (excludes halogenated alkanes) is 11. The third kappa shape index (κ3) is 11.2. The zero-order valence-electron chi connectivity index (χ0n) is 28.7. The van der Waals surface area contributed by atoms with Gasteiger partial charge < -0.3 is 29.0 Å². The Balaban J connectivity index is 1.29. The zero-order chi connectivity index (χ0) is 31.4. The van der Waals surface area contributed by atoms with Gasteiger partial charge >= 0.3 is 0 Å². The first-order valence-electron chi connectivity index (χ1n) is 18.0. The summed E-state index contributed by atoms with van der Waals surface area (Å²) in [6, 6.07) is 10.5. The van der Waals surface area contributed by atoms with E-state index in [1.165, 1.54) is 76.2 Å². The van der Waals surface area contributed by atoms with Gasteiger partial charge in [0.05, 0.1) is 24.9 Å². The maximum atomic E-state index is 6.65. The van der Waals surface area contributed by atoms with E-state index in [0.29, 0.717) is 12.5 Å². The molecule has 3 aliphatic rings. The molecule has 7 atom stereocenters. The van der Waals surface area contributed by atoms with Crippen molar-refractivity contribution in [3.63, 3.8) is 0 Å². The van der Waals surface area contributed by atoms with E-state index in [1.54, 1.807) is 0 Å². The van der Waals surface area contributed by atoms with Crippen LogP contribution in [0.3, 0.4) is 0 Å². The van der Waals surface area contributed by atoms with Gasteiger partial charge in [-0.2, -0.15) is 0 Å². The molecule has 0 amide bonds. The summed E-state index contributed by atoms with van der Waals surface area (Å²) < 4.78 is 32.3. The van der Waals surface area contributed by atoms with E-state index in [4.69, 9.17) is 23.7 Å². The molecule has 6 nitrogen and oxygen atoms in total. The van der Waals surface area contributed by atoms with Gasteiger partial charge in [-0.3, -0.25) is 0 Å². The summed E-state index contributed by atoms with van der Waals surface area (Å²) in [5, 5.41) is 3.79. The molecule has 0 radical (unpaired) electrons. The lowest BCUT2D eigenvalue weighted by atomic mass is 9.90. The highest BCUT2D eigenvalue weighted by Crippen LogP contribution is 2.39. The molecule has 1 aliphatic carbocycles. The smallest absolute Gasteiger partial charge is 0.163 e. The van der Waals surface area contributed by atoms with Crippen molar-refractivity contribution in [1.82, 2.24) is 5.32 Å². The normalized spacial score (nSPS) is 29.6. The van der Waals surface area contributed by atoms with Crippen molar-refractivity contribution >= 4 is 0 Å².